The van der Waals surface area contributed by atoms with Gasteiger partial charge in [0.15, 0.2) is 0 Å². The Bertz CT molecular complexity index is 1210. The second-order valence-electron chi connectivity index (χ2n) is 8.00. The number of anilines is 3. The zero-order chi connectivity index (χ0) is 24.3. The average molecular weight is 467 g/mol. The lowest BCUT2D eigenvalue weighted by Gasteiger charge is -2.31. The van der Waals surface area contributed by atoms with Gasteiger partial charge in [0.25, 0.3) is 11.5 Å². The lowest BCUT2D eigenvalue weighted by molar-refractivity contribution is 0.0980. The molecule has 1 aromatic heterocycles. The van der Waals surface area contributed by atoms with Crippen LogP contribution in [-0.2, 0) is 20.1 Å². The molecule has 4 rings (SSSR count). The summed E-state index contributed by atoms with van der Waals surface area (Å²) in [4.78, 5) is 29.0. The van der Waals surface area contributed by atoms with Crippen molar-refractivity contribution in [2.24, 2.45) is 7.05 Å². The fourth-order valence-electron chi connectivity index (χ4n) is 4.13. The van der Waals surface area contributed by atoms with Gasteiger partial charge in [-0.3, -0.25) is 9.59 Å². The van der Waals surface area contributed by atoms with Crippen molar-refractivity contribution in [1.82, 2.24) is 4.57 Å². The van der Waals surface area contributed by atoms with Gasteiger partial charge in [-0.2, -0.15) is 12.6 Å². The Hall–Kier alpha value is -3.23. The van der Waals surface area contributed by atoms with Gasteiger partial charge >= 0.3 is 0 Å². The third kappa shape index (κ3) is 4.62. The van der Waals surface area contributed by atoms with E-state index < -0.39 is 0 Å². The van der Waals surface area contributed by atoms with Crippen molar-refractivity contribution < 1.29 is 9.90 Å². The van der Waals surface area contributed by atoms with E-state index in [9.17, 15) is 14.7 Å². The van der Waals surface area contributed by atoms with E-state index in [0.717, 1.165) is 23.2 Å². The van der Waals surface area contributed by atoms with Crippen LogP contribution in [0.1, 0.15) is 21.5 Å². The summed E-state index contributed by atoms with van der Waals surface area (Å²) in [6, 6.07) is 13.0. The number of benzene rings is 2. The van der Waals surface area contributed by atoms with Gasteiger partial charge in [-0.15, -0.1) is 0 Å². The first-order valence-corrected chi connectivity index (χ1v) is 11.5. The molecule has 0 saturated carbocycles. The molecule has 3 N–H and O–H groups in total. The van der Waals surface area contributed by atoms with Crippen LogP contribution in [-0.4, -0.2) is 42.5 Å². The summed E-state index contributed by atoms with van der Waals surface area (Å²) in [6.45, 7) is 0.277. The molecule has 0 bridgehead atoms. The first-order chi connectivity index (χ1) is 15.8. The van der Waals surface area contributed by atoms with Crippen molar-refractivity contribution in [2.75, 3.05) is 42.4 Å². The molecule has 33 heavy (non-hydrogen) atoms. The average Bonchev–Trinajstić information content (AvgIpc) is 2.83. The molecule has 8 heteroatoms. The fraction of sp³-hybridized carbons (Fsp3) is 0.280. The number of nitrogens with zero attached hydrogens (tertiary/aromatic N) is 3. The summed E-state index contributed by atoms with van der Waals surface area (Å²) in [6.07, 6.45) is 4.11. The number of aryl methyl sites for hydroxylation is 1. The maximum absolute atomic E-state index is 13.3. The van der Waals surface area contributed by atoms with Crippen molar-refractivity contribution >= 4 is 35.6 Å². The normalized spacial score (nSPS) is 12.7. The molecule has 0 radical (unpaired) electrons. The molecule has 0 spiro atoms. The van der Waals surface area contributed by atoms with Crippen LogP contribution in [0.15, 0.2) is 53.5 Å². The minimum atomic E-state index is -0.273. The lowest BCUT2D eigenvalue weighted by Crippen LogP contribution is -2.38. The second-order valence-corrected chi connectivity index (χ2v) is 8.00. The maximum Gasteiger partial charge on any atom is 0.273 e. The highest BCUT2D eigenvalue weighted by molar-refractivity contribution is 7.79. The van der Waals surface area contributed by atoms with Crippen LogP contribution in [0.5, 0.6) is 0 Å². The van der Waals surface area contributed by atoms with Crippen LogP contribution >= 0.6 is 12.6 Å². The molecule has 1 aliphatic heterocycles. The Kier molecular flexibility index (Phi) is 7.50. The highest BCUT2D eigenvalue weighted by Gasteiger charge is 2.28. The molecule has 1 aliphatic rings. The van der Waals surface area contributed by atoms with Crippen LogP contribution in [0.25, 0.3) is 11.1 Å². The van der Waals surface area contributed by atoms with Crippen LogP contribution in [0, 0.1) is 0 Å². The highest BCUT2D eigenvalue weighted by Crippen LogP contribution is 2.35. The number of nitrogen functional groups attached to an aromatic ring is 1. The van der Waals surface area contributed by atoms with Crippen LogP contribution in [0.4, 0.5) is 17.1 Å². The summed E-state index contributed by atoms with van der Waals surface area (Å²) in [5.74, 6) is -0.0848. The zero-order valence-corrected chi connectivity index (χ0v) is 20.3. The molecule has 2 aromatic carbocycles. The molecule has 0 unspecified atom stereocenters. The van der Waals surface area contributed by atoms with E-state index in [4.69, 9.17) is 5.73 Å². The van der Waals surface area contributed by atoms with Crippen molar-refractivity contribution in [3.63, 3.8) is 0 Å². The fourth-order valence-corrected chi connectivity index (χ4v) is 4.13. The number of rotatable bonds is 4. The van der Waals surface area contributed by atoms with Gasteiger partial charge in [0.05, 0.1) is 18.0 Å². The predicted octanol–water partition coefficient (Wildman–Crippen LogP) is 2.94. The van der Waals surface area contributed by atoms with E-state index in [1.165, 1.54) is 4.57 Å². The maximum atomic E-state index is 13.3. The molecule has 0 atom stereocenters. The zero-order valence-electron chi connectivity index (χ0n) is 19.4. The third-order valence-corrected chi connectivity index (χ3v) is 5.81. The molecular weight excluding hydrogens is 436 g/mol. The number of hydrogen-bond acceptors (Lipinski definition) is 6. The lowest BCUT2D eigenvalue weighted by atomic mass is 9.94. The number of pyridine rings is 1. The number of thiol groups is 1. The molecule has 2 heterocycles. The topological polar surface area (TPSA) is 91.8 Å². The molecule has 3 aromatic rings. The largest absolute Gasteiger partial charge is 0.394 e. The number of aliphatic hydroxyl groups is 1. The SMILES string of the molecule is CN(C)c1ccc2c(c1)CCN(c1cccc(-c3cc(N)c(=O)n(C)c3)c1CO)C2=O.CS. The van der Waals surface area contributed by atoms with Gasteiger partial charge in [-0.25, -0.2) is 0 Å². The van der Waals surface area contributed by atoms with Gasteiger partial charge in [0.2, 0.25) is 0 Å². The van der Waals surface area contributed by atoms with Crippen molar-refractivity contribution in [1.29, 1.82) is 0 Å². The second kappa shape index (κ2) is 10.1. The smallest absolute Gasteiger partial charge is 0.273 e. The van der Waals surface area contributed by atoms with Crippen LogP contribution in [0.3, 0.4) is 0 Å². The Labute approximate surface area is 199 Å². The number of nitrogens with two attached hydrogens (primary N) is 1. The van der Waals surface area contributed by atoms with Gasteiger partial charge in [0.1, 0.15) is 0 Å². The van der Waals surface area contributed by atoms with E-state index in [0.29, 0.717) is 28.9 Å². The van der Waals surface area contributed by atoms with E-state index in [1.807, 2.05) is 49.3 Å². The monoisotopic (exact) mass is 466 g/mol. The van der Waals surface area contributed by atoms with Crippen LogP contribution < -0.4 is 21.1 Å². The number of carbonyl (C=O) groups is 1. The summed E-state index contributed by atoms with van der Waals surface area (Å²) in [7, 11) is 5.59. The van der Waals surface area contributed by atoms with Gasteiger partial charge < -0.3 is 25.2 Å². The van der Waals surface area contributed by atoms with E-state index in [2.05, 4.69) is 18.7 Å². The number of aromatic nitrogens is 1. The number of amides is 1. The highest BCUT2D eigenvalue weighted by atomic mass is 32.1. The molecule has 1 amide bonds. The molecule has 7 nitrogen and oxygen atoms in total. The Balaban J connectivity index is 0.00000149. The van der Waals surface area contributed by atoms with E-state index >= 15 is 0 Å². The number of fused-ring (bicyclic) bond motifs is 1. The third-order valence-electron chi connectivity index (χ3n) is 5.81. The summed E-state index contributed by atoms with van der Waals surface area (Å²) in [5, 5.41) is 10.2. The standard InChI is InChI=1S/C24H26N4O3.CH4S/c1-26(2)17-7-8-19-15(11-17)9-10-28(23(19)30)22-6-4-5-18(20(22)14-29)16-12-21(25)24(31)27(3)13-16;1-2/h4-8,11-13,29H,9-10,14,25H2,1-3H3;2H,1H3. The molecular formula is C25H30N4O3S. The first-order valence-electron chi connectivity index (χ1n) is 10.6. The first kappa shape index (κ1) is 24.4. The van der Waals surface area contributed by atoms with Crippen molar-refractivity contribution in [3.05, 3.63) is 75.7 Å². The van der Waals surface area contributed by atoms with E-state index in [1.54, 1.807) is 30.5 Å². The van der Waals surface area contributed by atoms with Crippen molar-refractivity contribution in [3.8, 4) is 11.1 Å². The number of carbonyl (C=O) groups excluding carboxylic acids is 1. The molecule has 0 fully saturated rings. The Morgan fingerprint density at radius 3 is 2.45 bits per heavy atom. The molecule has 0 saturated heterocycles. The quantitative estimate of drug-likeness (QED) is 0.514. The summed E-state index contributed by atoms with van der Waals surface area (Å²) >= 11 is 3.53. The van der Waals surface area contributed by atoms with Crippen LogP contribution in [0.2, 0.25) is 0 Å². The molecule has 174 valence electrons. The predicted molar refractivity (Wildman–Crippen MR) is 139 cm³/mol. The number of aliphatic hydroxyl groups excluding tert-OH is 1. The minimum absolute atomic E-state index is 0.0848. The Morgan fingerprint density at radius 2 is 1.82 bits per heavy atom. The number of hydrogen-bond donors (Lipinski definition) is 3. The summed E-state index contributed by atoms with van der Waals surface area (Å²) in [5.41, 5.74) is 11.3. The van der Waals surface area contributed by atoms with Gasteiger partial charge in [-0.1, -0.05) is 12.1 Å². The van der Waals surface area contributed by atoms with Crippen molar-refractivity contribution in [2.45, 2.75) is 13.0 Å². The van der Waals surface area contributed by atoms with E-state index in [-0.39, 0.29) is 23.8 Å². The summed E-state index contributed by atoms with van der Waals surface area (Å²) < 4.78 is 1.42. The van der Waals surface area contributed by atoms with Gasteiger partial charge in [-0.05, 0) is 54.1 Å². The minimum Gasteiger partial charge on any atom is -0.394 e. The molecule has 0 aliphatic carbocycles. The Morgan fingerprint density at radius 1 is 1.09 bits per heavy atom. The van der Waals surface area contributed by atoms with Gasteiger partial charge in [0, 0.05) is 56.3 Å².